The Morgan fingerprint density at radius 1 is 1.24 bits per heavy atom. The zero-order valence-electron chi connectivity index (χ0n) is 11.4. The second-order valence-electron chi connectivity index (χ2n) is 4.86. The number of nitrogen functional groups attached to an aromatic ring is 1. The van der Waals surface area contributed by atoms with Crippen LogP contribution in [0.2, 0.25) is 5.02 Å². The maximum absolute atomic E-state index is 12.8. The topological polar surface area (TPSA) is 55.6 Å². The number of ether oxygens (including phenoxy) is 1. The van der Waals surface area contributed by atoms with Gasteiger partial charge in [0.15, 0.2) is 0 Å². The van der Waals surface area contributed by atoms with Gasteiger partial charge in [0.05, 0.1) is 17.9 Å². The highest BCUT2D eigenvalue weighted by Crippen LogP contribution is 2.32. The van der Waals surface area contributed by atoms with Gasteiger partial charge in [0.1, 0.15) is 5.75 Å². The highest BCUT2D eigenvalue weighted by Gasteiger charge is 2.24. The van der Waals surface area contributed by atoms with Gasteiger partial charge in [-0.1, -0.05) is 23.7 Å². The van der Waals surface area contributed by atoms with E-state index in [1.165, 1.54) is 0 Å². The van der Waals surface area contributed by atoms with Crippen LogP contribution in [-0.4, -0.2) is 19.1 Å². The fraction of sp³-hybridized carbons (Fsp3) is 0.188. The summed E-state index contributed by atoms with van der Waals surface area (Å²) in [5.74, 6) is 0.553. The zero-order chi connectivity index (χ0) is 14.8. The summed E-state index contributed by atoms with van der Waals surface area (Å²) in [6, 6.07) is 12.4. The number of amides is 1. The number of hydrogen-bond donors (Lipinski definition) is 1. The van der Waals surface area contributed by atoms with Crippen molar-refractivity contribution >= 4 is 28.9 Å². The van der Waals surface area contributed by atoms with E-state index in [1.54, 1.807) is 23.1 Å². The van der Waals surface area contributed by atoms with Crippen molar-refractivity contribution in [1.29, 1.82) is 0 Å². The number of nitrogens with zero attached hydrogens (tertiary/aromatic N) is 1. The van der Waals surface area contributed by atoms with Crippen LogP contribution in [0, 0.1) is 0 Å². The van der Waals surface area contributed by atoms with Crippen molar-refractivity contribution in [1.82, 2.24) is 0 Å². The van der Waals surface area contributed by atoms with Crippen molar-refractivity contribution in [2.75, 3.05) is 23.8 Å². The van der Waals surface area contributed by atoms with E-state index >= 15 is 0 Å². The largest absolute Gasteiger partial charge is 0.491 e. The van der Waals surface area contributed by atoms with Crippen LogP contribution >= 0.6 is 11.6 Å². The molecular weight excluding hydrogens is 288 g/mol. The van der Waals surface area contributed by atoms with Gasteiger partial charge in [-0.05, 0) is 36.8 Å². The lowest BCUT2D eigenvalue weighted by atomic mass is 10.1. The van der Waals surface area contributed by atoms with Crippen molar-refractivity contribution < 1.29 is 9.53 Å². The van der Waals surface area contributed by atoms with E-state index in [0.717, 1.165) is 12.1 Å². The van der Waals surface area contributed by atoms with Gasteiger partial charge in [-0.15, -0.1) is 0 Å². The first-order valence-corrected chi connectivity index (χ1v) is 7.13. The molecule has 3 rings (SSSR count). The third-order valence-electron chi connectivity index (χ3n) is 3.43. The van der Waals surface area contributed by atoms with Gasteiger partial charge in [0, 0.05) is 17.3 Å². The van der Waals surface area contributed by atoms with E-state index in [-0.39, 0.29) is 5.91 Å². The van der Waals surface area contributed by atoms with Crippen molar-refractivity contribution in [3.63, 3.8) is 0 Å². The number of hydrogen-bond acceptors (Lipinski definition) is 3. The lowest BCUT2D eigenvalue weighted by Gasteiger charge is -2.22. The summed E-state index contributed by atoms with van der Waals surface area (Å²) in [5, 5.41) is 0.493. The average Bonchev–Trinajstić information content (AvgIpc) is 2.71. The van der Waals surface area contributed by atoms with Gasteiger partial charge in [-0.25, -0.2) is 0 Å². The molecule has 0 aromatic heterocycles. The fourth-order valence-electron chi connectivity index (χ4n) is 2.40. The first-order chi connectivity index (χ1) is 10.2. The lowest BCUT2D eigenvalue weighted by Crippen LogP contribution is -2.32. The summed E-state index contributed by atoms with van der Waals surface area (Å²) in [5.41, 5.74) is 7.52. The minimum Gasteiger partial charge on any atom is -0.491 e. The van der Waals surface area contributed by atoms with Crippen LogP contribution in [0.5, 0.6) is 5.75 Å². The van der Waals surface area contributed by atoms with E-state index in [1.807, 2.05) is 24.3 Å². The van der Waals surface area contributed by atoms with E-state index in [0.29, 0.717) is 35.2 Å². The number of benzene rings is 2. The maximum atomic E-state index is 12.8. The SMILES string of the molecule is Nc1ccc(Cl)cc1C(=O)N1CCCOc2ccccc21. The standard InChI is InChI=1S/C16H15ClN2O2/c17-11-6-7-13(18)12(10-11)16(20)19-8-3-9-21-15-5-2-1-4-14(15)19/h1-2,4-7,10H,3,8-9,18H2. The fourth-order valence-corrected chi connectivity index (χ4v) is 2.57. The highest BCUT2D eigenvalue weighted by atomic mass is 35.5. The normalized spacial score (nSPS) is 14.0. The first-order valence-electron chi connectivity index (χ1n) is 6.75. The smallest absolute Gasteiger partial charge is 0.260 e. The van der Waals surface area contributed by atoms with Gasteiger partial charge < -0.3 is 15.4 Å². The number of fused-ring (bicyclic) bond motifs is 1. The average molecular weight is 303 g/mol. The Morgan fingerprint density at radius 2 is 2.05 bits per heavy atom. The molecule has 108 valence electrons. The summed E-state index contributed by atoms with van der Waals surface area (Å²) in [7, 11) is 0. The van der Waals surface area contributed by atoms with Crippen LogP contribution in [0.3, 0.4) is 0 Å². The van der Waals surface area contributed by atoms with Crippen LogP contribution in [0.15, 0.2) is 42.5 Å². The number of carbonyl (C=O) groups is 1. The number of anilines is 2. The Balaban J connectivity index is 2.03. The molecule has 0 unspecified atom stereocenters. The molecule has 0 atom stereocenters. The lowest BCUT2D eigenvalue weighted by molar-refractivity contribution is 0.0988. The molecule has 0 saturated heterocycles. The maximum Gasteiger partial charge on any atom is 0.260 e. The third kappa shape index (κ3) is 2.67. The van der Waals surface area contributed by atoms with Crippen molar-refractivity contribution in [2.45, 2.75) is 6.42 Å². The van der Waals surface area contributed by atoms with Gasteiger partial charge in [0.25, 0.3) is 5.91 Å². The van der Waals surface area contributed by atoms with Gasteiger partial charge in [-0.3, -0.25) is 4.79 Å². The molecule has 0 bridgehead atoms. The van der Waals surface area contributed by atoms with Gasteiger partial charge >= 0.3 is 0 Å². The summed E-state index contributed by atoms with van der Waals surface area (Å²) in [4.78, 5) is 14.5. The van der Waals surface area contributed by atoms with Crippen LogP contribution in [0.4, 0.5) is 11.4 Å². The predicted molar refractivity (Wildman–Crippen MR) is 84.1 cm³/mol. The Labute approximate surface area is 128 Å². The molecule has 0 fully saturated rings. The Bertz CT molecular complexity index is 688. The molecule has 0 saturated carbocycles. The molecule has 4 nitrogen and oxygen atoms in total. The summed E-state index contributed by atoms with van der Waals surface area (Å²) < 4.78 is 5.67. The predicted octanol–water partition coefficient (Wildman–Crippen LogP) is 3.35. The molecule has 2 aromatic rings. The number of nitrogens with two attached hydrogens (primary N) is 1. The van der Waals surface area contributed by atoms with Crippen molar-refractivity contribution in [2.24, 2.45) is 0 Å². The van der Waals surface area contributed by atoms with Gasteiger partial charge in [0.2, 0.25) is 0 Å². The van der Waals surface area contributed by atoms with Crippen LogP contribution in [0.25, 0.3) is 0 Å². The molecule has 0 aliphatic carbocycles. The quantitative estimate of drug-likeness (QED) is 0.822. The monoisotopic (exact) mass is 302 g/mol. The number of rotatable bonds is 1. The van der Waals surface area contributed by atoms with Crippen LogP contribution in [-0.2, 0) is 0 Å². The van der Waals surface area contributed by atoms with E-state index < -0.39 is 0 Å². The number of halogens is 1. The summed E-state index contributed by atoms with van der Waals surface area (Å²) >= 11 is 5.98. The molecular formula is C16H15ClN2O2. The number of para-hydroxylation sites is 2. The zero-order valence-corrected chi connectivity index (χ0v) is 12.1. The van der Waals surface area contributed by atoms with Crippen molar-refractivity contribution in [3.8, 4) is 5.75 Å². The summed E-state index contributed by atoms with van der Waals surface area (Å²) in [6.45, 7) is 1.17. The molecule has 5 heteroatoms. The Kier molecular flexibility index (Phi) is 3.71. The highest BCUT2D eigenvalue weighted by molar-refractivity contribution is 6.31. The molecule has 1 aliphatic heterocycles. The van der Waals surface area contributed by atoms with Crippen LogP contribution in [0.1, 0.15) is 16.8 Å². The van der Waals surface area contributed by atoms with Gasteiger partial charge in [-0.2, -0.15) is 0 Å². The molecule has 21 heavy (non-hydrogen) atoms. The van der Waals surface area contributed by atoms with E-state index in [9.17, 15) is 4.79 Å². The molecule has 2 N–H and O–H groups in total. The molecule has 1 amide bonds. The molecule has 1 aliphatic rings. The molecule has 1 heterocycles. The Hall–Kier alpha value is -2.20. The minimum absolute atomic E-state index is 0.159. The second-order valence-corrected chi connectivity index (χ2v) is 5.29. The first kappa shape index (κ1) is 13.8. The van der Waals surface area contributed by atoms with Crippen LogP contribution < -0.4 is 15.4 Å². The molecule has 0 radical (unpaired) electrons. The minimum atomic E-state index is -0.159. The van der Waals surface area contributed by atoms with E-state index in [2.05, 4.69) is 0 Å². The molecule has 0 spiro atoms. The third-order valence-corrected chi connectivity index (χ3v) is 3.67. The summed E-state index contributed by atoms with van der Waals surface area (Å²) in [6.07, 6.45) is 0.765. The Morgan fingerprint density at radius 3 is 2.90 bits per heavy atom. The number of carbonyl (C=O) groups excluding carboxylic acids is 1. The second kappa shape index (κ2) is 5.66. The van der Waals surface area contributed by atoms with Crippen molar-refractivity contribution in [3.05, 3.63) is 53.1 Å². The van der Waals surface area contributed by atoms with E-state index in [4.69, 9.17) is 22.1 Å². The molecule has 2 aromatic carbocycles.